The van der Waals surface area contributed by atoms with Crippen LogP contribution in [0.2, 0.25) is 0 Å². The Morgan fingerprint density at radius 3 is 2.14 bits per heavy atom. The number of ether oxygens (including phenoxy) is 1. The highest BCUT2D eigenvalue weighted by Gasteiger charge is 2.42. The molecule has 0 amide bonds. The minimum Gasteiger partial charge on any atom is -0.396 e. The van der Waals surface area contributed by atoms with Crippen LogP contribution in [0.15, 0.2) is 84.9 Å². The Morgan fingerprint density at radius 2 is 1.54 bits per heavy atom. The molecule has 3 nitrogen and oxygen atoms in total. The molecule has 2 N–H and O–H groups in total. The first-order valence-corrected chi connectivity index (χ1v) is 9.71. The van der Waals surface area contributed by atoms with Crippen LogP contribution in [-0.4, -0.2) is 23.4 Å². The molecule has 0 radical (unpaired) electrons. The van der Waals surface area contributed by atoms with Gasteiger partial charge in [0.05, 0.1) is 13.2 Å². The fourth-order valence-electron chi connectivity index (χ4n) is 3.82. The van der Waals surface area contributed by atoms with E-state index in [0.29, 0.717) is 13.0 Å². The third-order valence-corrected chi connectivity index (χ3v) is 5.26. The Hall–Kier alpha value is -2.46. The van der Waals surface area contributed by atoms with E-state index in [-0.39, 0.29) is 19.1 Å². The maximum Gasteiger partial charge on any atom is 0.123 e. The molecule has 28 heavy (non-hydrogen) atoms. The van der Waals surface area contributed by atoms with Gasteiger partial charge in [0.15, 0.2) is 0 Å². The second kappa shape index (κ2) is 9.65. The van der Waals surface area contributed by atoms with Gasteiger partial charge in [-0.1, -0.05) is 90.5 Å². The second-order valence-corrected chi connectivity index (χ2v) is 7.17. The van der Waals surface area contributed by atoms with Crippen molar-refractivity contribution in [2.24, 2.45) is 0 Å². The van der Waals surface area contributed by atoms with Crippen LogP contribution >= 0.6 is 0 Å². The third kappa shape index (κ3) is 4.50. The SMILES string of the molecule is Cc1cccc([C@H](CCO)C(CO)(OCc2ccccc2)c2ccccc2)c1. The van der Waals surface area contributed by atoms with E-state index in [4.69, 9.17) is 4.74 Å². The van der Waals surface area contributed by atoms with E-state index in [2.05, 4.69) is 6.07 Å². The highest BCUT2D eigenvalue weighted by molar-refractivity contribution is 5.34. The topological polar surface area (TPSA) is 49.7 Å². The van der Waals surface area contributed by atoms with Crippen molar-refractivity contribution in [1.82, 2.24) is 0 Å². The zero-order valence-corrected chi connectivity index (χ0v) is 16.3. The predicted molar refractivity (Wildman–Crippen MR) is 112 cm³/mol. The molecule has 3 aromatic rings. The molecule has 0 heterocycles. The van der Waals surface area contributed by atoms with Crippen molar-refractivity contribution >= 4 is 0 Å². The lowest BCUT2D eigenvalue weighted by Crippen LogP contribution is -2.41. The summed E-state index contributed by atoms with van der Waals surface area (Å²) in [6.07, 6.45) is 0.494. The van der Waals surface area contributed by atoms with Crippen molar-refractivity contribution in [3.8, 4) is 0 Å². The van der Waals surface area contributed by atoms with Gasteiger partial charge in [-0.15, -0.1) is 0 Å². The monoisotopic (exact) mass is 376 g/mol. The van der Waals surface area contributed by atoms with Crippen molar-refractivity contribution in [3.05, 3.63) is 107 Å². The Kier molecular flexibility index (Phi) is 6.99. The molecule has 3 aromatic carbocycles. The fourth-order valence-corrected chi connectivity index (χ4v) is 3.82. The van der Waals surface area contributed by atoms with Crippen LogP contribution in [0.1, 0.15) is 34.6 Å². The van der Waals surface area contributed by atoms with Crippen LogP contribution in [0.25, 0.3) is 0 Å². The van der Waals surface area contributed by atoms with E-state index in [9.17, 15) is 10.2 Å². The molecule has 146 valence electrons. The summed E-state index contributed by atoms with van der Waals surface area (Å²) in [4.78, 5) is 0. The maximum atomic E-state index is 10.6. The zero-order valence-electron chi connectivity index (χ0n) is 16.3. The minimum absolute atomic E-state index is 0.0158. The fraction of sp³-hybridized carbons (Fsp3) is 0.280. The van der Waals surface area contributed by atoms with E-state index in [0.717, 1.165) is 22.3 Å². The smallest absolute Gasteiger partial charge is 0.123 e. The molecule has 0 bridgehead atoms. The molecule has 1 unspecified atom stereocenters. The summed E-state index contributed by atoms with van der Waals surface area (Å²) >= 11 is 0. The molecule has 3 rings (SSSR count). The van der Waals surface area contributed by atoms with Crippen LogP contribution in [0, 0.1) is 6.92 Å². The zero-order chi connectivity index (χ0) is 19.8. The molecule has 3 heteroatoms. The first-order chi connectivity index (χ1) is 13.7. The second-order valence-electron chi connectivity index (χ2n) is 7.17. The van der Waals surface area contributed by atoms with Gasteiger partial charge in [0.25, 0.3) is 0 Å². The van der Waals surface area contributed by atoms with Gasteiger partial charge in [-0.3, -0.25) is 0 Å². The first-order valence-electron chi connectivity index (χ1n) is 9.71. The van der Waals surface area contributed by atoms with Gasteiger partial charge in [-0.25, -0.2) is 0 Å². The van der Waals surface area contributed by atoms with E-state index in [1.54, 1.807) is 0 Å². The summed E-state index contributed by atoms with van der Waals surface area (Å²) in [7, 11) is 0. The Labute approximate surface area is 167 Å². The standard InChI is InChI=1S/C25H28O3/c1-20-9-8-12-22(17-20)24(15-16-26)25(19-27,23-13-6-3-7-14-23)28-18-21-10-4-2-5-11-21/h2-14,17,24,26-27H,15-16,18-19H2,1H3/t24-,25?/m0/s1. The average molecular weight is 376 g/mol. The molecule has 0 aromatic heterocycles. The largest absolute Gasteiger partial charge is 0.396 e. The molecule has 0 saturated heterocycles. The Bertz CT molecular complexity index is 848. The molecule has 0 aliphatic carbocycles. The van der Waals surface area contributed by atoms with Gasteiger partial charge >= 0.3 is 0 Å². The van der Waals surface area contributed by atoms with E-state index in [1.807, 2.05) is 85.8 Å². The van der Waals surface area contributed by atoms with Crippen molar-refractivity contribution in [3.63, 3.8) is 0 Å². The number of aliphatic hydroxyl groups excluding tert-OH is 2. The van der Waals surface area contributed by atoms with Gasteiger partial charge in [0, 0.05) is 12.5 Å². The van der Waals surface area contributed by atoms with Crippen molar-refractivity contribution < 1.29 is 14.9 Å². The number of hydrogen-bond acceptors (Lipinski definition) is 3. The van der Waals surface area contributed by atoms with E-state index in [1.165, 1.54) is 0 Å². The summed E-state index contributed by atoms with van der Waals surface area (Å²) < 4.78 is 6.50. The lowest BCUT2D eigenvalue weighted by molar-refractivity contribution is -0.116. The Balaban J connectivity index is 2.06. The summed E-state index contributed by atoms with van der Waals surface area (Å²) in [5, 5.41) is 20.5. The van der Waals surface area contributed by atoms with Gasteiger partial charge < -0.3 is 14.9 Å². The predicted octanol–water partition coefficient (Wildman–Crippen LogP) is 4.57. The number of benzene rings is 3. The first kappa shape index (κ1) is 20.3. The lowest BCUT2D eigenvalue weighted by Gasteiger charge is -2.40. The highest BCUT2D eigenvalue weighted by Crippen LogP contribution is 2.43. The number of aliphatic hydroxyl groups is 2. The summed E-state index contributed by atoms with van der Waals surface area (Å²) in [6.45, 7) is 2.27. The summed E-state index contributed by atoms with van der Waals surface area (Å²) in [5.41, 5.74) is 3.20. The third-order valence-electron chi connectivity index (χ3n) is 5.26. The van der Waals surface area contributed by atoms with Crippen LogP contribution < -0.4 is 0 Å². The lowest BCUT2D eigenvalue weighted by atomic mass is 9.75. The minimum atomic E-state index is -0.951. The molecular weight excluding hydrogens is 348 g/mol. The molecule has 0 spiro atoms. The summed E-state index contributed by atoms with van der Waals surface area (Å²) in [6, 6.07) is 28.0. The van der Waals surface area contributed by atoms with E-state index < -0.39 is 5.60 Å². The van der Waals surface area contributed by atoms with Crippen LogP contribution in [0.3, 0.4) is 0 Å². The number of aryl methyl sites for hydroxylation is 1. The van der Waals surface area contributed by atoms with Gasteiger partial charge in [0.1, 0.15) is 5.60 Å². The summed E-state index contributed by atoms with van der Waals surface area (Å²) in [5.74, 6) is -0.187. The molecular formula is C25H28O3. The molecule has 0 fully saturated rings. The van der Waals surface area contributed by atoms with Crippen molar-refractivity contribution in [2.75, 3.05) is 13.2 Å². The average Bonchev–Trinajstić information content (AvgIpc) is 2.75. The van der Waals surface area contributed by atoms with Crippen LogP contribution in [0.5, 0.6) is 0 Å². The van der Waals surface area contributed by atoms with Crippen LogP contribution in [0.4, 0.5) is 0 Å². The molecule has 0 aliphatic heterocycles. The number of hydrogen-bond donors (Lipinski definition) is 2. The normalized spacial score (nSPS) is 14.4. The van der Waals surface area contributed by atoms with Gasteiger partial charge in [-0.2, -0.15) is 0 Å². The molecule has 2 atom stereocenters. The number of rotatable bonds is 9. The van der Waals surface area contributed by atoms with Crippen LogP contribution in [-0.2, 0) is 16.9 Å². The van der Waals surface area contributed by atoms with Gasteiger partial charge in [0.2, 0.25) is 0 Å². The maximum absolute atomic E-state index is 10.6. The van der Waals surface area contributed by atoms with E-state index >= 15 is 0 Å². The van der Waals surface area contributed by atoms with Crippen molar-refractivity contribution in [1.29, 1.82) is 0 Å². The highest BCUT2D eigenvalue weighted by atomic mass is 16.5. The molecule has 0 aliphatic rings. The Morgan fingerprint density at radius 1 is 0.857 bits per heavy atom. The quantitative estimate of drug-likeness (QED) is 0.575. The molecule has 0 saturated carbocycles. The van der Waals surface area contributed by atoms with Crippen molar-refractivity contribution in [2.45, 2.75) is 31.5 Å². The van der Waals surface area contributed by atoms with Gasteiger partial charge in [-0.05, 0) is 30.0 Å².